The average molecular weight is 449 g/mol. The van der Waals surface area contributed by atoms with Crippen molar-refractivity contribution in [2.75, 3.05) is 25.0 Å². The Morgan fingerprint density at radius 2 is 1.74 bits per heavy atom. The summed E-state index contributed by atoms with van der Waals surface area (Å²) >= 11 is 0. The van der Waals surface area contributed by atoms with Gasteiger partial charge in [-0.25, -0.2) is 17.6 Å². The van der Waals surface area contributed by atoms with E-state index in [0.717, 1.165) is 6.08 Å². The van der Waals surface area contributed by atoms with Crippen LogP contribution in [-0.2, 0) is 24.3 Å². The first-order chi connectivity index (χ1) is 14.7. The van der Waals surface area contributed by atoms with E-state index in [4.69, 9.17) is 4.74 Å². The summed E-state index contributed by atoms with van der Waals surface area (Å²) in [7, 11) is -3.55. The summed E-state index contributed by atoms with van der Waals surface area (Å²) in [6.07, 6.45) is 2.58. The van der Waals surface area contributed by atoms with Crippen molar-refractivity contribution in [2.24, 2.45) is 0 Å². The molecule has 2 aromatic carbocycles. The minimum Gasteiger partial charge on any atom is -0.452 e. The molecule has 1 N–H and O–H groups in total. The fourth-order valence-electron chi connectivity index (χ4n) is 2.73. The third-order valence-electron chi connectivity index (χ3n) is 4.45. The maximum Gasteiger partial charge on any atom is 0.331 e. The number of esters is 1. The van der Waals surface area contributed by atoms with Gasteiger partial charge in [-0.3, -0.25) is 4.79 Å². The van der Waals surface area contributed by atoms with Crippen LogP contribution in [-0.4, -0.2) is 44.3 Å². The van der Waals surface area contributed by atoms with Crippen molar-refractivity contribution in [3.05, 3.63) is 65.5 Å². The van der Waals surface area contributed by atoms with Gasteiger partial charge in [-0.1, -0.05) is 32.0 Å². The molecule has 0 spiro atoms. The van der Waals surface area contributed by atoms with Crippen LogP contribution in [0.3, 0.4) is 0 Å². The molecule has 0 saturated heterocycles. The van der Waals surface area contributed by atoms with E-state index in [-0.39, 0.29) is 4.90 Å². The first-order valence-corrected chi connectivity index (χ1v) is 11.1. The highest BCUT2D eigenvalue weighted by molar-refractivity contribution is 7.89. The Balaban J connectivity index is 1.91. The Hall–Kier alpha value is -3.04. The maximum absolute atomic E-state index is 13.3. The predicted octanol–water partition coefficient (Wildman–Crippen LogP) is 3.36. The fourth-order valence-corrected chi connectivity index (χ4v) is 4.19. The molecular weight excluding hydrogens is 423 g/mol. The lowest BCUT2D eigenvalue weighted by atomic mass is 10.2. The smallest absolute Gasteiger partial charge is 0.331 e. The van der Waals surface area contributed by atoms with Crippen LogP contribution in [0.5, 0.6) is 0 Å². The molecule has 166 valence electrons. The number of carbonyl (C=O) groups is 2. The lowest BCUT2D eigenvalue weighted by Gasteiger charge is -2.18. The number of hydrogen-bond donors (Lipinski definition) is 1. The molecule has 1 amide bonds. The average Bonchev–Trinajstić information content (AvgIpc) is 2.74. The summed E-state index contributed by atoms with van der Waals surface area (Å²) in [6.45, 7) is 5.46. The first kappa shape index (κ1) is 24.2. The van der Waals surface area contributed by atoms with Gasteiger partial charge in [0.25, 0.3) is 5.91 Å². The third kappa shape index (κ3) is 6.73. The van der Waals surface area contributed by atoms with Crippen LogP contribution in [0.25, 0.3) is 6.08 Å². The van der Waals surface area contributed by atoms with Crippen molar-refractivity contribution in [1.29, 1.82) is 0 Å². The van der Waals surface area contributed by atoms with Crippen LogP contribution < -0.4 is 5.32 Å². The van der Waals surface area contributed by atoms with Crippen molar-refractivity contribution in [3.63, 3.8) is 0 Å². The molecule has 0 saturated carbocycles. The second-order valence-corrected chi connectivity index (χ2v) is 8.54. The number of amides is 1. The van der Waals surface area contributed by atoms with Gasteiger partial charge in [-0.15, -0.1) is 0 Å². The van der Waals surface area contributed by atoms with Gasteiger partial charge in [-0.05, 0) is 48.4 Å². The minimum atomic E-state index is -3.55. The highest BCUT2D eigenvalue weighted by atomic mass is 32.2. The lowest BCUT2D eigenvalue weighted by Crippen LogP contribution is -2.30. The Bertz CT molecular complexity index is 1060. The van der Waals surface area contributed by atoms with E-state index < -0.39 is 34.3 Å². The van der Waals surface area contributed by atoms with Crippen molar-refractivity contribution in [2.45, 2.75) is 25.7 Å². The molecule has 0 bridgehead atoms. The van der Waals surface area contributed by atoms with Crippen LogP contribution in [0.2, 0.25) is 0 Å². The van der Waals surface area contributed by atoms with Crippen LogP contribution in [0.4, 0.5) is 10.1 Å². The van der Waals surface area contributed by atoms with Gasteiger partial charge in [0.15, 0.2) is 6.61 Å². The standard InChI is InChI=1S/C22H25FN2O5S/c1-4-25(5-2)31(28,29)19-11-7-17(8-12-19)9-13-22(27)30-15-21(26)24-20-14-18(23)10-6-16(20)3/h6-14H,4-5,15H2,1-3H3,(H,24,26)/b13-9+. The van der Waals surface area contributed by atoms with Gasteiger partial charge in [0.2, 0.25) is 10.0 Å². The number of rotatable bonds is 9. The molecule has 0 aliphatic heterocycles. The molecule has 2 rings (SSSR count). The van der Waals surface area contributed by atoms with E-state index in [9.17, 15) is 22.4 Å². The van der Waals surface area contributed by atoms with Crippen LogP contribution in [0.1, 0.15) is 25.0 Å². The quantitative estimate of drug-likeness (QED) is 0.469. The summed E-state index contributed by atoms with van der Waals surface area (Å²) in [5.74, 6) is -1.83. The van der Waals surface area contributed by atoms with Crippen molar-refractivity contribution < 1.29 is 27.1 Å². The maximum atomic E-state index is 13.3. The fraction of sp³-hybridized carbons (Fsp3) is 0.273. The van der Waals surface area contributed by atoms with Gasteiger partial charge < -0.3 is 10.1 Å². The number of halogens is 1. The highest BCUT2D eigenvalue weighted by Gasteiger charge is 2.20. The number of sulfonamides is 1. The topological polar surface area (TPSA) is 92.8 Å². The lowest BCUT2D eigenvalue weighted by molar-refractivity contribution is -0.142. The molecule has 7 nitrogen and oxygen atoms in total. The molecule has 2 aromatic rings. The molecule has 0 aromatic heterocycles. The highest BCUT2D eigenvalue weighted by Crippen LogP contribution is 2.17. The number of hydrogen-bond acceptors (Lipinski definition) is 5. The Kier molecular flexibility index (Phi) is 8.47. The minimum absolute atomic E-state index is 0.167. The van der Waals surface area contributed by atoms with Gasteiger partial charge in [-0.2, -0.15) is 4.31 Å². The van der Waals surface area contributed by atoms with E-state index in [1.807, 2.05) is 0 Å². The molecular formula is C22H25FN2O5S. The van der Waals surface area contributed by atoms with Crippen LogP contribution in [0, 0.1) is 12.7 Å². The second-order valence-electron chi connectivity index (χ2n) is 6.61. The number of carbonyl (C=O) groups excluding carboxylic acids is 2. The monoisotopic (exact) mass is 448 g/mol. The molecule has 9 heteroatoms. The summed E-state index contributed by atoms with van der Waals surface area (Å²) in [5.41, 5.74) is 1.57. The van der Waals surface area contributed by atoms with Gasteiger partial charge in [0, 0.05) is 24.9 Å². The van der Waals surface area contributed by atoms with Crippen molar-refractivity contribution in [1.82, 2.24) is 4.31 Å². The van der Waals surface area contributed by atoms with Gasteiger partial charge >= 0.3 is 5.97 Å². The molecule has 0 unspecified atom stereocenters. The SMILES string of the molecule is CCN(CC)S(=O)(=O)c1ccc(/C=C/C(=O)OCC(=O)Nc2cc(F)ccc2C)cc1. The zero-order valence-corrected chi connectivity index (χ0v) is 18.4. The normalized spacial score (nSPS) is 11.6. The molecule has 0 heterocycles. The zero-order valence-electron chi connectivity index (χ0n) is 17.6. The summed E-state index contributed by atoms with van der Waals surface area (Å²) < 4.78 is 44.4. The van der Waals surface area contributed by atoms with Crippen LogP contribution in [0.15, 0.2) is 53.4 Å². The van der Waals surface area contributed by atoms with Gasteiger partial charge in [0.1, 0.15) is 5.82 Å². The third-order valence-corrected chi connectivity index (χ3v) is 6.52. The van der Waals surface area contributed by atoms with Crippen molar-refractivity contribution >= 4 is 33.7 Å². The van der Waals surface area contributed by atoms with E-state index in [1.54, 1.807) is 32.9 Å². The molecule has 0 aliphatic carbocycles. The molecule has 0 fully saturated rings. The number of benzene rings is 2. The van der Waals surface area contributed by atoms with Gasteiger partial charge in [0.05, 0.1) is 4.90 Å². The zero-order chi connectivity index (χ0) is 23.0. The molecule has 0 radical (unpaired) electrons. The largest absolute Gasteiger partial charge is 0.452 e. The first-order valence-electron chi connectivity index (χ1n) is 9.68. The van der Waals surface area contributed by atoms with E-state index in [0.29, 0.717) is 29.9 Å². The predicted molar refractivity (Wildman–Crippen MR) is 116 cm³/mol. The Labute approximate surface area is 181 Å². The van der Waals surface area contributed by atoms with Crippen molar-refractivity contribution in [3.8, 4) is 0 Å². The van der Waals surface area contributed by atoms with E-state index in [2.05, 4.69) is 5.32 Å². The number of nitrogens with one attached hydrogen (secondary N) is 1. The Morgan fingerprint density at radius 3 is 2.35 bits per heavy atom. The number of aryl methyl sites for hydroxylation is 1. The van der Waals surface area contributed by atoms with E-state index >= 15 is 0 Å². The summed E-state index contributed by atoms with van der Waals surface area (Å²) in [5, 5.41) is 2.48. The number of nitrogens with zero attached hydrogens (tertiary/aromatic N) is 1. The molecule has 31 heavy (non-hydrogen) atoms. The molecule has 0 atom stereocenters. The Morgan fingerprint density at radius 1 is 1.10 bits per heavy atom. The summed E-state index contributed by atoms with van der Waals surface area (Å²) in [6, 6.07) is 10.1. The summed E-state index contributed by atoms with van der Waals surface area (Å²) in [4.78, 5) is 23.9. The van der Waals surface area contributed by atoms with E-state index in [1.165, 1.54) is 40.7 Å². The molecule has 0 aliphatic rings. The number of anilines is 1. The number of ether oxygens (including phenoxy) is 1. The second kappa shape index (κ2) is 10.8. The van der Waals surface area contributed by atoms with Crippen LogP contribution >= 0.6 is 0 Å².